The fourth-order valence-corrected chi connectivity index (χ4v) is 2.83. The number of nitrogens with zero attached hydrogens (tertiary/aromatic N) is 1. The molecule has 0 spiro atoms. The Bertz CT molecular complexity index is 260. The highest BCUT2D eigenvalue weighted by molar-refractivity contribution is 8.00. The predicted octanol–water partition coefficient (Wildman–Crippen LogP) is 1.99. The molecule has 15 heavy (non-hydrogen) atoms. The summed E-state index contributed by atoms with van der Waals surface area (Å²) < 4.78 is 1.13. The largest absolute Gasteiger partial charge is 0.394 e. The molecule has 0 fully saturated rings. The summed E-state index contributed by atoms with van der Waals surface area (Å²) in [4.78, 5) is 4.21. The first-order valence-corrected chi connectivity index (χ1v) is 6.89. The first kappa shape index (κ1) is 13.0. The fourth-order valence-electron chi connectivity index (χ4n) is 1.19. The highest BCUT2D eigenvalue weighted by Crippen LogP contribution is 2.22. The molecule has 0 aliphatic heterocycles. The zero-order chi connectivity index (χ0) is 11.1. The summed E-state index contributed by atoms with van der Waals surface area (Å²) in [5.74, 6) is 1.06. The van der Waals surface area contributed by atoms with Crippen LogP contribution in [0.2, 0.25) is 0 Å². The molecule has 1 heterocycles. The van der Waals surface area contributed by atoms with Gasteiger partial charge >= 0.3 is 0 Å². The van der Waals surface area contributed by atoms with Crippen LogP contribution < -0.4 is 5.32 Å². The molecule has 1 atom stereocenters. The average Bonchev–Trinajstić information content (AvgIpc) is 2.77. The highest BCUT2D eigenvalue weighted by Gasteiger charge is 2.19. The van der Waals surface area contributed by atoms with Crippen molar-refractivity contribution in [3.63, 3.8) is 0 Å². The van der Waals surface area contributed by atoms with Gasteiger partial charge in [-0.3, -0.25) is 0 Å². The fraction of sp³-hybridized carbons (Fsp3) is 0.700. The molecule has 1 aromatic heterocycles. The molecule has 1 rings (SSSR count). The van der Waals surface area contributed by atoms with Crippen molar-refractivity contribution in [1.29, 1.82) is 0 Å². The van der Waals surface area contributed by atoms with E-state index in [1.165, 1.54) is 0 Å². The van der Waals surface area contributed by atoms with Gasteiger partial charge in [0.25, 0.3) is 0 Å². The third-order valence-corrected chi connectivity index (χ3v) is 4.51. The maximum absolute atomic E-state index is 9.19. The molecule has 2 N–H and O–H groups in total. The number of aliphatic hydroxyl groups excluding tert-OH is 1. The Morgan fingerprint density at radius 2 is 2.47 bits per heavy atom. The molecule has 0 radical (unpaired) electrons. The van der Waals surface area contributed by atoms with Crippen LogP contribution in [0.4, 0.5) is 0 Å². The number of hydrogen-bond acceptors (Lipinski definition) is 5. The standard InChI is InChI=1S/C10H18N2OS2/c1-10(8-13,11-2)4-3-6-14-9-12-5-7-15-9/h5,7,11,13H,3-4,6,8H2,1-2H3. The lowest BCUT2D eigenvalue weighted by atomic mass is 9.98. The summed E-state index contributed by atoms with van der Waals surface area (Å²) in [6, 6.07) is 0. The van der Waals surface area contributed by atoms with Crippen molar-refractivity contribution < 1.29 is 5.11 Å². The van der Waals surface area contributed by atoms with Crippen LogP contribution in [0.1, 0.15) is 19.8 Å². The van der Waals surface area contributed by atoms with Gasteiger partial charge in [-0.2, -0.15) is 0 Å². The lowest BCUT2D eigenvalue weighted by Gasteiger charge is -2.26. The number of hydrogen-bond donors (Lipinski definition) is 2. The SMILES string of the molecule is CNC(C)(CO)CCCSc1nccs1. The van der Waals surface area contributed by atoms with Crippen molar-refractivity contribution in [2.75, 3.05) is 19.4 Å². The van der Waals surface area contributed by atoms with Crippen molar-refractivity contribution in [2.45, 2.75) is 29.6 Å². The number of aliphatic hydroxyl groups is 1. The average molecular weight is 246 g/mol. The quantitative estimate of drug-likeness (QED) is 0.570. The smallest absolute Gasteiger partial charge is 0.149 e. The molecule has 0 aromatic carbocycles. The van der Waals surface area contributed by atoms with Crippen LogP contribution in [-0.4, -0.2) is 35.0 Å². The van der Waals surface area contributed by atoms with Gasteiger partial charge in [-0.25, -0.2) is 4.98 Å². The normalized spacial score (nSPS) is 15.1. The summed E-state index contributed by atoms with van der Waals surface area (Å²) in [6.07, 6.45) is 3.90. The maximum Gasteiger partial charge on any atom is 0.149 e. The van der Waals surface area contributed by atoms with Gasteiger partial charge in [0, 0.05) is 22.9 Å². The Morgan fingerprint density at radius 1 is 1.67 bits per heavy atom. The van der Waals surface area contributed by atoms with E-state index in [0.717, 1.165) is 22.9 Å². The van der Waals surface area contributed by atoms with Gasteiger partial charge in [-0.15, -0.1) is 11.3 Å². The van der Waals surface area contributed by atoms with E-state index in [0.29, 0.717) is 0 Å². The van der Waals surface area contributed by atoms with Crippen LogP contribution in [0.3, 0.4) is 0 Å². The van der Waals surface area contributed by atoms with Crippen LogP contribution in [-0.2, 0) is 0 Å². The zero-order valence-electron chi connectivity index (χ0n) is 9.19. The van der Waals surface area contributed by atoms with E-state index >= 15 is 0 Å². The van der Waals surface area contributed by atoms with E-state index < -0.39 is 0 Å². The first-order chi connectivity index (χ1) is 7.20. The van der Waals surface area contributed by atoms with Gasteiger partial charge in [0.05, 0.1) is 6.61 Å². The molecular weight excluding hydrogens is 228 g/mol. The summed E-state index contributed by atoms with van der Waals surface area (Å²) in [5, 5.41) is 14.3. The van der Waals surface area contributed by atoms with Crippen LogP contribution in [0, 0.1) is 0 Å². The Hall–Kier alpha value is -0.100. The monoisotopic (exact) mass is 246 g/mol. The van der Waals surface area contributed by atoms with E-state index in [-0.39, 0.29) is 12.1 Å². The lowest BCUT2D eigenvalue weighted by Crippen LogP contribution is -2.43. The lowest BCUT2D eigenvalue weighted by molar-refractivity contribution is 0.173. The van der Waals surface area contributed by atoms with Gasteiger partial charge in [0.2, 0.25) is 0 Å². The first-order valence-electron chi connectivity index (χ1n) is 5.02. The molecule has 0 bridgehead atoms. The molecule has 3 nitrogen and oxygen atoms in total. The number of likely N-dealkylation sites (N-methyl/N-ethyl adjacent to an activating group) is 1. The Labute approximate surface area is 99.3 Å². The van der Waals surface area contributed by atoms with Crippen molar-refractivity contribution in [3.05, 3.63) is 11.6 Å². The molecule has 0 saturated carbocycles. The molecule has 0 aliphatic rings. The topological polar surface area (TPSA) is 45.1 Å². The second-order valence-corrected chi connectivity index (χ2v) is 5.96. The molecule has 1 unspecified atom stereocenters. The van der Waals surface area contributed by atoms with Gasteiger partial charge < -0.3 is 10.4 Å². The van der Waals surface area contributed by atoms with E-state index in [2.05, 4.69) is 10.3 Å². The summed E-state index contributed by atoms with van der Waals surface area (Å²) in [6.45, 7) is 2.23. The van der Waals surface area contributed by atoms with Gasteiger partial charge in [0.1, 0.15) is 4.34 Å². The van der Waals surface area contributed by atoms with Gasteiger partial charge in [-0.05, 0) is 26.8 Å². The third-order valence-electron chi connectivity index (χ3n) is 2.46. The maximum atomic E-state index is 9.19. The van der Waals surface area contributed by atoms with E-state index in [4.69, 9.17) is 0 Å². The molecule has 1 aromatic rings. The summed E-state index contributed by atoms with van der Waals surface area (Å²) in [7, 11) is 1.89. The minimum atomic E-state index is -0.135. The van der Waals surface area contributed by atoms with Crippen LogP contribution in [0.5, 0.6) is 0 Å². The molecule has 86 valence electrons. The number of rotatable bonds is 7. The van der Waals surface area contributed by atoms with Crippen molar-refractivity contribution in [3.8, 4) is 0 Å². The van der Waals surface area contributed by atoms with Gasteiger partial charge in [-0.1, -0.05) is 11.8 Å². The van der Waals surface area contributed by atoms with Crippen LogP contribution in [0.25, 0.3) is 0 Å². The van der Waals surface area contributed by atoms with E-state index in [9.17, 15) is 5.11 Å². The Kier molecular flexibility index (Phi) is 5.60. The minimum absolute atomic E-state index is 0.135. The number of thiazole rings is 1. The van der Waals surface area contributed by atoms with Crippen LogP contribution in [0.15, 0.2) is 15.9 Å². The highest BCUT2D eigenvalue weighted by atomic mass is 32.2. The number of aromatic nitrogens is 1. The number of nitrogens with one attached hydrogen (secondary N) is 1. The van der Waals surface area contributed by atoms with Crippen LogP contribution >= 0.6 is 23.1 Å². The molecular formula is C10H18N2OS2. The minimum Gasteiger partial charge on any atom is -0.394 e. The second-order valence-electron chi connectivity index (χ2n) is 3.72. The summed E-state index contributed by atoms with van der Waals surface area (Å²) in [5.41, 5.74) is -0.135. The van der Waals surface area contributed by atoms with Crippen molar-refractivity contribution in [1.82, 2.24) is 10.3 Å². The van der Waals surface area contributed by atoms with Crippen molar-refractivity contribution >= 4 is 23.1 Å². The Balaban J connectivity index is 2.16. The Morgan fingerprint density at radius 3 is 3.00 bits per heavy atom. The zero-order valence-corrected chi connectivity index (χ0v) is 10.8. The molecule has 5 heteroatoms. The second kappa shape index (κ2) is 6.48. The van der Waals surface area contributed by atoms with E-state index in [1.807, 2.05) is 25.5 Å². The predicted molar refractivity (Wildman–Crippen MR) is 66.6 cm³/mol. The molecule has 0 amide bonds. The molecule has 0 aliphatic carbocycles. The number of thioether (sulfide) groups is 1. The molecule has 0 saturated heterocycles. The van der Waals surface area contributed by atoms with Crippen molar-refractivity contribution in [2.24, 2.45) is 0 Å². The summed E-state index contributed by atoms with van der Waals surface area (Å²) >= 11 is 3.47. The third kappa shape index (κ3) is 4.51. The van der Waals surface area contributed by atoms with Gasteiger partial charge in [0.15, 0.2) is 0 Å². The van der Waals surface area contributed by atoms with E-state index in [1.54, 1.807) is 23.1 Å².